The fourth-order valence-electron chi connectivity index (χ4n) is 0.752. The summed E-state index contributed by atoms with van der Waals surface area (Å²) in [6.45, 7) is 3.11. The molecule has 0 atom stereocenters. The van der Waals surface area contributed by atoms with E-state index in [1.165, 1.54) is 0 Å². The number of pyridine rings is 1. The van der Waals surface area contributed by atoms with Gasteiger partial charge in [0.15, 0.2) is 0 Å². The first-order chi connectivity index (χ1) is 6.00. The zero-order valence-electron chi connectivity index (χ0n) is 6.98. The molecule has 2 rings (SSSR count). The van der Waals surface area contributed by atoms with Crippen LogP contribution in [0.3, 0.4) is 0 Å². The molecule has 0 aromatic carbocycles. The molecule has 1 aliphatic rings. The van der Waals surface area contributed by atoms with Crippen molar-refractivity contribution in [3.8, 4) is 0 Å². The molecular formula is C9H13NO2. The van der Waals surface area contributed by atoms with Crippen molar-refractivity contribution in [2.75, 3.05) is 26.4 Å². The molecule has 1 aromatic heterocycles. The van der Waals surface area contributed by atoms with E-state index in [0.29, 0.717) is 0 Å². The Morgan fingerprint density at radius 1 is 0.750 bits per heavy atom. The van der Waals surface area contributed by atoms with Crippen LogP contribution in [0.2, 0.25) is 0 Å². The maximum absolute atomic E-state index is 4.94. The molecule has 3 nitrogen and oxygen atoms in total. The molecule has 0 amide bonds. The Morgan fingerprint density at radius 2 is 1.25 bits per heavy atom. The molecule has 1 saturated heterocycles. The highest BCUT2D eigenvalue weighted by Crippen LogP contribution is 1.85. The van der Waals surface area contributed by atoms with Crippen molar-refractivity contribution in [3.05, 3.63) is 30.6 Å². The van der Waals surface area contributed by atoms with Gasteiger partial charge in [-0.25, -0.2) is 0 Å². The van der Waals surface area contributed by atoms with Gasteiger partial charge in [-0.3, -0.25) is 4.98 Å². The van der Waals surface area contributed by atoms with E-state index in [9.17, 15) is 0 Å². The number of rotatable bonds is 0. The average molecular weight is 167 g/mol. The SMILES string of the molecule is C1COCCO1.c1ccncc1. The first-order valence-corrected chi connectivity index (χ1v) is 4.00. The highest BCUT2D eigenvalue weighted by molar-refractivity contribution is 4.88. The molecule has 1 fully saturated rings. The second kappa shape index (κ2) is 6.76. The lowest BCUT2D eigenvalue weighted by atomic mass is 10.5. The Balaban J connectivity index is 0.000000120. The van der Waals surface area contributed by atoms with Gasteiger partial charge in [0, 0.05) is 12.4 Å². The topological polar surface area (TPSA) is 31.4 Å². The third kappa shape index (κ3) is 4.82. The van der Waals surface area contributed by atoms with E-state index in [4.69, 9.17) is 9.47 Å². The molecule has 2 heterocycles. The van der Waals surface area contributed by atoms with Crippen LogP contribution in [0, 0.1) is 0 Å². The van der Waals surface area contributed by atoms with Crippen LogP contribution in [0.15, 0.2) is 30.6 Å². The molecule has 1 aliphatic heterocycles. The fraction of sp³-hybridized carbons (Fsp3) is 0.444. The highest BCUT2D eigenvalue weighted by Gasteiger charge is 1.94. The lowest BCUT2D eigenvalue weighted by molar-refractivity contribution is -0.0334. The maximum atomic E-state index is 4.94. The van der Waals surface area contributed by atoms with Crippen LogP contribution in [-0.2, 0) is 9.47 Å². The molecule has 66 valence electrons. The molecule has 0 bridgehead atoms. The van der Waals surface area contributed by atoms with Gasteiger partial charge in [-0.1, -0.05) is 6.07 Å². The summed E-state index contributed by atoms with van der Waals surface area (Å²) >= 11 is 0. The van der Waals surface area contributed by atoms with Crippen LogP contribution >= 0.6 is 0 Å². The van der Waals surface area contributed by atoms with Crippen molar-refractivity contribution >= 4 is 0 Å². The van der Waals surface area contributed by atoms with Crippen molar-refractivity contribution < 1.29 is 9.47 Å². The Labute approximate surface area is 72.3 Å². The smallest absolute Gasteiger partial charge is 0.0701 e. The number of ether oxygens (including phenoxy) is 2. The Bertz CT molecular complexity index is 137. The maximum Gasteiger partial charge on any atom is 0.0701 e. The van der Waals surface area contributed by atoms with E-state index >= 15 is 0 Å². The van der Waals surface area contributed by atoms with Crippen LogP contribution in [0.25, 0.3) is 0 Å². The lowest BCUT2D eigenvalue weighted by Gasteiger charge is -2.09. The zero-order valence-corrected chi connectivity index (χ0v) is 6.98. The summed E-state index contributed by atoms with van der Waals surface area (Å²) in [4.78, 5) is 3.78. The molecule has 0 radical (unpaired) electrons. The number of hydrogen-bond acceptors (Lipinski definition) is 3. The van der Waals surface area contributed by atoms with Crippen molar-refractivity contribution in [1.29, 1.82) is 0 Å². The first-order valence-electron chi connectivity index (χ1n) is 4.00. The van der Waals surface area contributed by atoms with Gasteiger partial charge in [-0.05, 0) is 12.1 Å². The highest BCUT2D eigenvalue weighted by atomic mass is 16.6. The summed E-state index contributed by atoms with van der Waals surface area (Å²) in [5.74, 6) is 0. The average Bonchev–Trinajstić information content (AvgIpc) is 2.24. The predicted octanol–water partition coefficient (Wildman–Crippen LogP) is 1.11. The van der Waals surface area contributed by atoms with Gasteiger partial charge in [0.05, 0.1) is 26.4 Å². The molecule has 3 heteroatoms. The number of aromatic nitrogens is 1. The van der Waals surface area contributed by atoms with Crippen molar-refractivity contribution in [1.82, 2.24) is 4.98 Å². The summed E-state index contributed by atoms with van der Waals surface area (Å²) in [5.41, 5.74) is 0. The molecule has 0 N–H and O–H groups in total. The van der Waals surface area contributed by atoms with Crippen LogP contribution in [0.4, 0.5) is 0 Å². The Hall–Kier alpha value is -0.930. The normalized spacial score (nSPS) is 16.0. The van der Waals surface area contributed by atoms with E-state index in [2.05, 4.69) is 4.98 Å². The summed E-state index contributed by atoms with van der Waals surface area (Å²) < 4.78 is 9.89. The van der Waals surface area contributed by atoms with Gasteiger partial charge in [0.1, 0.15) is 0 Å². The van der Waals surface area contributed by atoms with Gasteiger partial charge in [-0.2, -0.15) is 0 Å². The number of hydrogen-bond donors (Lipinski definition) is 0. The van der Waals surface area contributed by atoms with Crippen LogP contribution in [-0.4, -0.2) is 31.4 Å². The fourth-order valence-corrected chi connectivity index (χ4v) is 0.752. The van der Waals surface area contributed by atoms with E-state index < -0.39 is 0 Å². The van der Waals surface area contributed by atoms with Crippen molar-refractivity contribution in [2.24, 2.45) is 0 Å². The summed E-state index contributed by atoms with van der Waals surface area (Å²) in [5, 5.41) is 0. The monoisotopic (exact) mass is 167 g/mol. The van der Waals surface area contributed by atoms with Gasteiger partial charge in [-0.15, -0.1) is 0 Å². The zero-order chi connectivity index (χ0) is 8.49. The van der Waals surface area contributed by atoms with E-state index in [1.54, 1.807) is 12.4 Å². The summed E-state index contributed by atoms with van der Waals surface area (Å²) in [6, 6.07) is 5.72. The lowest BCUT2D eigenvalue weighted by Crippen LogP contribution is -2.16. The van der Waals surface area contributed by atoms with Gasteiger partial charge in [0.25, 0.3) is 0 Å². The third-order valence-corrected chi connectivity index (χ3v) is 1.31. The Morgan fingerprint density at radius 3 is 1.42 bits per heavy atom. The standard InChI is InChI=1S/C5H5N.C4H8O2/c1-2-4-6-5-3-1;1-2-6-4-3-5-1/h1-5H;1-4H2. The minimum absolute atomic E-state index is 0.778. The van der Waals surface area contributed by atoms with Gasteiger partial charge in [0.2, 0.25) is 0 Å². The second-order valence-corrected chi connectivity index (χ2v) is 2.25. The quantitative estimate of drug-likeness (QED) is 0.580. The van der Waals surface area contributed by atoms with Crippen molar-refractivity contribution in [3.63, 3.8) is 0 Å². The Kier molecular flexibility index (Phi) is 5.16. The summed E-state index contributed by atoms with van der Waals surface area (Å²) in [6.07, 6.45) is 3.50. The van der Waals surface area contributed by atoms with E-state index in [1.807, 2.05) is 18.2 Å². The van der Waals surface area contributed by atoms with Crippen molar-refractivity contribution in [2.45, 2.75) is 0 Å². The van der Waals surface area contributed by atoms with E-state index in [-0.39, 0.29) is 0 Å². The predicted molar refractivity (Wildman–Crippen MR) is 45.9 cm³/mol. The van der Waals surface area contributed by atoms with Gasteiger partial charge >= 0.3 is 0 Å². The molecule has 1 aromatic rings. The molecular weight excluding hydrogens is 154 g/mol. The molecule has 0 aliphatic carbocycles. The molecule has 0 saturated carbocycles. The number of nitrogens with zero attached hydrogens (tertiary/aromatic N) is 1. The first kappa shape index (κ1) is 9.16. The second-order valence-electron chi connectivity index (χ2n) is 2.25. The van der Waals surface area contributed by atoms with Crippen LogP contribution in [0.1, 0.15) is 0 Å². The van der Waals surface area contributed by atoms with Gasteiger partial charge < -0.3 is 9.47 Å². The van der Waals surface area contributed by atoms with Crippen LogP contribution < -0.4 is 0 Å². The molecule has 0 unspecified atom stereocenters. The van der Waals surface area contributed by atoms with E-state index in [0.717, 1.165) is 26.4 Å². The minimum Gasteiger partial charge on any atom is -0.377 e. The summed E-state index contributed by atoms with van der Waals surface area (Å²) in [7, 11) is 0. The molecule has 12 heavy (non-hydrogen) atoms. The third-order valence-electron chi connectivity index (χ3n) is 1.31. The largest absolute Gasteiger partial charge is 0.377 e. The molecule has 0 spiro atoms. The van der Waals surface area contributed by atoms with Crippen LogP contribution in [0.5, 0.6) is 0 Å². The minimum atomic E-state index is 0.778.